The molecule has 0 bridgehead atoms. The van der Waals surface area contributed by atoms with Gasteiger partial charge in [-0.1, -0.05) is 0 Å². The summed E-state index contributed by atoms with van der Waals surface area (Å²) in [6, 6.07) is -0.441. The molecule has 2 aliphatic rings. The normalized spacial score (nSPS) is 38.0. The molecule has 1 aliphatic carbocycles. The number of carbonyl (C=O) groups excluding carboxylic acids is 1. The first kappa shape index (κ1) is 20.1. The van der Waals surface area contributed by atoms with Crippen molar-refractivity contribution in [3.8, 4) is 0 Å². The van der Waals surface area contributed by atoms with Gasteiger partial charge in [0.2, 0.25) is 0 Å². The molecular weight excluding hydrogens is 362 g/mol. The predicted molar refractivity (Wildman–Crippen MR) is 88.7 cm³/mol. The number of piperidine rings is 1. The van der Waals surface area contributed by atoms with Gasteiger partial charge in [-0.05, 0) is 25.2 Å². The van der Waals surface area contributed by atoms with E-state index in [2.05, 4.69) is 0 Å². The van der Waals surface area contributed by atoms with Crippen molar-refractivity contribution in [1.29, 1.82) is 0 Å². The van der Waals surface area contributed by atoms with Crippen LogP contribution in [0.25, 0.3) is 0 Å². The summed E-state index contributed by atoms with van der Waals surface area (Å²) in [4.78, 5) is 13.3. The Morgan fingerprint density at radius 2 is 1.92 bits per heavy atom. The first-order valence-electron chi connectivity index (χ1n) is 8.21. The van der Waals surface area contributed by atoms with Crippen LogP contribution in [0.3, 0.4) is 0 Å². The van der Waals surface area contributed by atoms with Crippen LogP contribution in [0.4, 0.5) is 4.39 Å². The molecule has 6 unspecified atom stereocenters. The van der Waals surface area contributed by atoms with Crippen molar-refractivity contribution < 1.29 is 24.5 Å². The Balaban J connectivity index is 1.93. The zero-order valence-corrected chi connectivity index (χ0v) is 14.8. The van der Waals surface area contributed by atoms with E-state index in [1.54, 1.807) is 0 Å². The van der Waals surface area contributed by atoms with Crippen molar-refractivity contribution in [2.45, 2.75) is 54.4 Å². The van der Waals surface area contributed by atoms with Gasteiger partial charge in [-0.2, -0.15) is 0 Å². The van der Waals surface area contributed by atoms with Crippen molar-refractivity contribution in [3.05, 3.63) is 0 Å². The lowest BCUT2D eigenvalue weighted by Crippen LogP contribution is -2.56. The summed E-state index contributed by atoms with van der Waals surface area (Å²) in [5.41, 5.74) is 6.27. The lowest BCUT2D eigenvalue weighted by molar-refractivity contribution is -0.143. The van der Waals surface area contributed by atoms with E-state index in [1.165, 1.54) is 4.90 Å². The zero-order chi connectivity index (χ0) is 18.0. The highest BCUT2D eigenvalue weighted by atomic mass is 35.5. The second-order valence-electron chi connectivity index (χ2n) is 6.73. The molecule has 6 nitrogen and oxygen atoms in total. The molecular formula is C15H25Cl2FN2O4. The topological polar surface area (TPSA) is 107 Å². The van der Waals surface area contributed by atoms with Crippen molar-refractivity contribution in [3.63, 3.8) is 0 Å². The Morgan fingerprint density at radius 1 is 1.33 bits per heavy atom. The van der Waals surface area contributed by atoms with Crippen molar-refractivity contribution in [2.24, 2.45) is 17.6 Å². The molecule has 0 aromatic heterocycles. The average molecular weight is 387 g/mol. The molecule has 1 heterocycles. The fraction of sp³-hybridized carbons (Fsp3) is 0.933. The first-order valence-corrected chi connectivity index (χ1v) is 9.08. The molecule has 0 radical (unpaired) electrons. The van der Waals surface area contributed by atoms with Crippen LogP contribution in [0.1, 0.15) is 19.3 Å². The smallest absolute Gasteiger partial charge is 0.253 e. The van der Waals surface area contributed by atoms with Crippen molar-refractivity contribution in [2.75, 3.05) is 19.7 Å². The van der Waals surface area contributed by atoms with E-state index in [9.17, 15) is 19.4 Å². The number of aliphatic hydroxyl groups is 3. The summed E-state index contributed by atoms with van der Waals surface area (Å²) in [7, 11) is 0. The molecule has 0 spiro atoms. The molecule has 1 saturated heterocycles. The van der Waals surface area contributed by atoms with E-state index in [0.29, 0.717) is 32.4 Å². The summed E-state index contributed by atoms with van der Waals surface area (Å²) in [6.45, 7) is 0.193. The van der Waals surface area contributed by atoms with Gasteiger partial charge >= 0.3 is 0 Å². The third-order valence-corrected chi connectivity index (χ3v) is 6.38. The largest absolute Gasteiger partial charge is 0.393 e. The molecule has 9 heteroatoms. The van der Waals surface area contributed by atoms with Crippen LogP contribution in [-0.2, 0) is 4.79 Å². The Labute approximate surface area is 150 Å². The molecule has 2 rings (SSSR count). The lowest BCUT2D eigenvalue weighted by atomic mass is 9.73. The molecule has 140 valence electrons. The van der Waals surface area contributed by atoms with E-state index < -0.39 is 53.6 Å². The number of nitrogens with two attached hydrogens (primary N) is 1. The molecule has 24 heavy (non-hydrogen) atoms. The SMILES string of the molecule is NC(C1CCN(C(=O)[C@H](O)CO)CC1)C1CC(Cl)C(Cl)C(F)C1O. The average Bonchev–Trinajstić information content (AvgIpc) is 2.61. The molecule has 5 N–H and O–H groups in total. The Bertz CT molecular complexity index is 440. The van der Waals surface area contributed by atoms with Crippen LogP contribution >= 0.6 is 23.2 Å². The van der Waals surface area contributed by atoms with Gasteiger partial charge in [-0.25, -0.2) is 4.39 Å². The Morgan fingerprint density at radius 3 is 2.46 bits per heavy atom. The summed E-state index contributed by atoms with van der Waals surface area (Å²) in [5, 5.41) is 26.9. The second-order valence-corrected chi connectivity index (χ2v) is 7.80. The van der Waals surface area contributed by atoms with E-state index in [4.69, 9.17) is 34.0 Å². The number of hydrogen-bond donors (Lipinski definition) is 4. The van der Waals surface area contributed by atoms with Crippen molar-refractivity contribution in [1.82, 2.24) is 4.90 Å². The van der Waals surface area contributed by atoms with Gasteiger partial charge < -0.3 is 26.0 Å². The third kappa shape index (κ3) is 4.14. The predicted octanol–water partition coefficient (Wildman–Crippen LogP) is -0.161. The number of rotatable bonds is 4. The minimum absolute atomic E-state index is 0.0166. The van der Waals surface area contributed by atoms with Gasteiger partial charge in [0.25, 0.3) is 5.91 Å². The molecule has 1 aliphatic heterocycles. The Hall–Kier alpha value is -0.180. The number of likely N-dealkylation sites (tertiary alicyclic amines) is 1. The summed E-state index contributed by atoms with van der Waals surface area (Å²) >= 11 is 11.9. The maximum absolute atomic E-state index is 14.1. The van der Waals surface area contributed by atoms with Gasteiger partial charge in [-0.15, -0.1) is 23.2 Å². The summed E-state index contributed by atoms with van der Waals surface area (Å²) in [6.07, 6.45) is -2.74. The van der Waals surface area contributed by atoms with Crippen LogP contribution in [0.15, 0.2) is 0 Å². The fourth-order valence-corrected chi connectivity index (χ4v) is 4.28. The molecule has 2 fully saturated rings. The number of aliphatic hydroxyl groups excluding tert-OH is 3. The highest BCUT2D eigenvalue weighted by Crippen LogP contribution is 2.38. The number of hydrogen-bond acceptors (Lipinski definition) is 5. The number of alkyl halides is 3. The fourth-order valence-electron chi connectivity index (χ4n) is 3.68. The number of amides is 1. The molecule has 1 amide bonds. The highest BCUT2D eigenvalue weighted by Gasteiger charge is 2.47. The van der Waals surface area contributed by atoms with E-state index in [1.807, 2.05) is 0 Å². The van der Waals surface area contributed by atoms with Gasteiger partial charge in [0.1, 0.15) is 6.17 Å². The monoisotopic (exact) mass is 386 g/mol. The molecule has 0 aromatic carbocycles. The maximum atomic E-state index is 14.1. The van der Waals surface area contributed by atoms with Crippen LogP contribution in [-0.4, -0.2) is 81.0 Å². The van der Waals surface area contributed by atoms with Crippen LogP contribution in [0.5, 0.6) is 0 Å². The zero-order valence-electron chi connectivity index (χ0n) is 13.3. The van der Waals surface area contributed by atoms with Gasteiger partial charge in [-0.3, -0.25) is 4.79 Å². The van der Waals surface area contributed by atoms with Gasteiger partial charge in [0.05, 0.1) is 23.5 Å². The van der Waals surface area contributed by atoms with Crippen LogP contribution < -0.4 is 5.73 Å². The van der Waals surface area contributed by atoms with Gasteiger partial charge in [0.15, 0.2) is 6.10 Å². The van der Waals surface area contributed by atoms with E-state index in [0.717, 1.165) is 0 Å². The lowest BCUT2D eigenvalue weighted by Gasteiger charge is -2.43. The van der Waals surface area contributed by atoms with E-state index >= 15 is 0 Å². The second kappa shape index (κ2) is 8.47. The number of halogens is 3. The number of carbonyl (C=O) groups is 1. The maximum Gasteiger partial charge on any atom is 0.253 e. The molecule has 7 atom stereocenters. The van der Waals surface area contributed by atoms with Crippen LogP contribution in [0.2, 0.25) is 0 Å². The Kier molecular flexibility index (Phi) is 7.10. The molecule has 1 saturated carbocycles. The minimum Gasteiger partial charge on any atom is -0.393 e. The standard InChI is InChI=1S/C15H25Cl2FN2O4/c16-9-5-8(14(23)12(18)11(9)17)13(19)7-1-3-20(4-2-7)15(24)10(22)6-21/h7-14,21-23H,1-6,19H2/t8?,9?,10-,11?,12?,13?,14?/m1/s1. The molecule has 0 aromatic rings. The third-order valence-electron chi connectivity index (χ3n) is 5.26. The summed E-state index contributed by atoms with van der Waals surface area (Å²) in [5.74, 6) is -0.965. The van der Waals surface area contributed by atoms with Crippen LogP contribution in [0, 0.1) is 11.8 Å². The minimum atomic E-state index is -1.61. The van der Waals surface area contributed by atoms with Crippen molar-refractivity contribution >= 4 is 29.1 Å². The van der Waals surface area contributed by atoms with E-state index in [-0.39, 0.29) is 5.92 Å². The highest BCUT2D eigenvalue weighted by molar-refractivity contribution is 6.30. The first-order chi connectivity index (χ1) is 11.3. The quantitative estimate of drug-likeness (QED) is 0.502. The summed E-state index contributed by atoms with van der Waals surface area (Å²) < 4.78 is 14.1. The van der Waals surface area contributed by atoms with Gasteiger partial charge in [0, 0.05) is 25.0 Å². The number of nitrogens with zero attached hydrogens (tertiary/aromatic N) is 1.